The Morgan fingerprint density at radius 3 is 2.52 bits per heavy atom. The Kier molecular flexibility index (Phi) is 5.37. The third-order valence-corrected chi connectivity index (χ3v) is 3.76. The lowest BCUT2D eigenvalue weighted by atomic mass is 10.1. The van der Waals surface area contributed by atoms with Gasteiger partial charge in [-0.05, 0) is 40.0 Å². The molecule has 0 amide bonds. The number of carbonyl (C=O) groups is 1. The molecular formula is C17H26N2O2. The van der Waals surface area contributed by atoms with Crippen molar-refractivity contribution in [2.75, 3.05) is 39.8 Å². The molecule has 0 radical (unpaired) electrons. The van der Waals surface area contributed by atoms with Crippen molar-refractivity contribution in [3.8, 4) is 5.75 Å². The zero-order valence-electron chi connectivity index (χ0n) is 13.6. The molecule has 1 aromatic carbocycles. The van der Waals surface area contributed by atoms with E-state index in [0.717, 1.165) is 31.7 Å². The number of ether oxygens (including phenoxy) is 1. The highest BCUT2D eigenvalue weighted by atomic mass is 16.5. The number of benzene rings is 1. The highest BCUT2D eigenvalue weighted by molar-refractivity contribution is 6.00. The van der Waals surface area contributed by atoms with Gasteiger partial charge in [0.05, 0.1) is 18.2 Å². The van der Waals surface area contributed by atoms with Crippen LogP contribution in [0.5, 0.6) is 5.75 Å². The molecule has 4 nitrogen and oxygen atoms in total. The van der Waals surface area contributed by atoms with E-state index in [-0.39, 0.29) is 11.9 Å². The molecule has 1 heterocycles. The number of hydrogen-bond donors (Lipinski definition) is 0. The van der Waals surface area contributed by atoms with E-state index in [9.17, 15) is 4.79 Å². The molecule has 1 saturated heterocycles. The molecule has 0 aromatic heterocycles. The van der Waals surface area contributed by atoms with Crippen LogP contribution in [0.2, 0.25) is 0 Å². The first-order chi connectivity index (χ1) is 9.95. The lowest BCUT2D eigenvalue weighted by Crippen LogP contribution is -2.46. The zero-order chi connectivity index (χ0) is 15.4. The van der Waals surface area contributed by atoms with E-state index in [1.165, 1.54) is 0 Å². The Bertz CT molecular complexity index is 492. The normalized spacial score (nSPS) is 17.2. The van der Waals surface area contributed by atoms with Gasteiger partial charge in [-0.15, -0.1) is 0 Å². The maximum absolute atomic E-state index is 12.6. The maximum Gasteiger partial charge on any atom is 0.180 e. The average molecular weight is 290 g/mol. The summed E-state index contributed by atoms with van der Waals surface area (Å²) in [5.74, 6) is 0.855. The first kappa shape index (κ1) is 16.0. The molecule has 0 N–H and O–H groups in total. The summed E-state index contributed by atoms with van der Waals surface area (Å²) >= 11 is 0. The van der Waals surface area contributed by atoms with Gasteiger partial charge in [-0.2, -0.15) is 0 Å². The molecule has 1 fully saturated rings. The largest absolute Gasteiger partial charge is 0.490 e. The molecule has 2 rings (SSSR count). The molecule has 21 heavy (non-hydrogen) atoms. The second-order valence-corrected chi connectivity index (χ2v) is 6.17. The number of ketones is 1. The van der Waals surface area contributed by atoms with Crippen LogP contribution in [0.25, 0.3) is 0 Å². The van der Waals surface area contributed by atoms with Gasteiger partial charge in [-0.3, -0.25) is 9.69 Å². The topological polar surface area (TPSA) is 32.8 Å². The molecule has 0 aliphatic carbocycles. The molecule has 1 aliphatic heterocycles. The summed E-state index contributed by atoms with van der Waals surface area (Å²) in [6.45, 7) is 10.4. The first-order valence-electron chi connectivity index (χ1n) is 7.67. The van der Waals surface area contributed by atoms with E-state index in [1.54, 1.807) is 0 Å². The second kappa shape index (κ2) is 7.05. The van der Waals surface area contributed by atoms with Gasteiger partial charge in [0.25, 0.3) is 0 Å². The van der Waals surface area contributed by atoms with Gasteiger partial charge >= 0.3 is 0 Å². The van der Waals surface area contributed by atoms with Crippen LogP contribution in [0.4, 0.5) is 0 Å². The summed E-state index contributed by atoms with van der Waals surface area (Å²) in [5.41, 5.74) is 1.80. The summed E-state index contributed by atoms with van der Waals surface area (Å²) in [6.07, 6.45) is 0.0721. The van der Waals surface area contributed by atoms with Crippen molar-refractivity contribution in [2.24, 2.45) is 0 Å². The summed E-state index contributed by atoms with van der Waals surface area (Å²) in [7, 11) is 2.12. The van der Waals surface area contributed by atoms with Gasteiger partial charge in [0.15, 0.2) is 5.78 Å². The van der Waals surface area contributed by atoms with Crippen molar-refractivity contribution in [3.63, 3.8) is 0 Å². The Morgan fingerprint density at radius 2 is 1.90 bits per heavy atom. The minimum absolute atomic E-state index is 0.0721. The third kappa shape index (κ3) is 4.55. The summed E-state index contributed by atoms with van der Waals surface area (Å²) in [5, 5.41) is 0. The molecule has 1 aliphatic rings. The van der Waals surface area contributed by atoms with Crippen LogP contribution in [0, 0.1) is 6.92 Å². The van der Waals surface area contributed by atoms with Gasteiger partial charge < -0.3 is 9.64 Å². The molecular weight excluding hydrogens is 264 g/mol. The lowest BCUT2D eigenvalue weighted by molar-refractivity contribution is 0.0871. The molecule has 0 spiro atoms. The van der Waals surface area contributed by atoms with Crippen LogP contribution < -0.4 is 4.74 Å². The highest BCUT2D eigenvalue weighted by Crippen LogP contribution is 2.22. The number of Topliss-reactive ketones (excluding diaryl/α,β-unsaturated/α-hetero) is 1. The summed E-state index contributed by atoms with van der Waals surface area (Å²) in [6, 6.07) is 5.84. The van der Waals surface area contributed by atoms with E-state index >= 15 is 0 Å². The quantitative estimate of drug-likeness (QED) is 0.779. The van der Waals surface area contributed by atoms with E-state index < -0.39 is 0 Å². The smallest absolute Gasteiger partial charge is 0.180 e. The average Bonchev–Trinajstić information content (AvgIpc) is 2.43. The first-order valence-corrected chi connectivity index (χ1v) is 7.67. The highest BCUT2D eigenvalue weighted by Gasteiger charge is 2.20. The number of carbonyl (C=O) groups excluding carboxylic acids is 1. The van der Waals surface area contributed by atoms with Gasteiger partial charge in [0.2, 0.25) is 0 Å². The standard InChI is InChI=1S/C17H26N2O2/c1-13(2)21-17-6-5-14(3)11-15(17)16(20)12-19-9-7-18(4)8-10-19/h5-6,11,13H,7-10,12H2,1-4H3. The van der Waals surface area contributed by atoms with E-state index in [1.807, 2.05) is 39.0 Å². The van der Waals surface area contributed by atoms with Crippen LogP contribution >= 0.6 is 0 Å². The fraction of sp³-hybridized carbons (Fsp3) is 0.588. The fourth-order valence-corrected chi connectivity index (χ4v) is 2.51. The zero-order valence-corrected chi connectivity index (χ0v) is 13.6. The van der Waals surface area contributed by atoms with Gasteiger partial charge in [-0.25, -0.2) is 0 Å². The van der Waals surface area contributed by atoms with E-state index in [2.05, 4.69) is 16.8 Å². The van der Waals surface area contributed by atoms with Crippen LogP contribution in [0.3, 0.4) is 0 Å². The number of piperazine rings is 1. The van der Waals surface area contributed by atoms with Crippen molar-refractivity contribution in [1.29, 1.82) is 0 Å². The van der Waals surface area contributed by atoms with Crippen LogP contribution in [-0.4, -0.2) is 61.5 Å². The Hall–Kier alpha value is -1.39. The van der Waals surface area contributed by atoms with Crippen LogP contribution in [-0.2, 0) is 0 Å². The summed E-state index contributed by atoms with van der Waals surface area (Å²) < 4.78 is 5.78. The molecule has 4 heteroatoms. The van der Waals surface area contributed by atoms with Crippen LogP contribution in [0.1, 0.15) is 29.8 Å². The number of hydrogen-bond acceptors (Lipinski definition) is 4. The minimum Gasteiger partial charge on any atom is -0.490 e. The maximum atomic E-state index is 12.6. The van der Waals surface area contributed by atoms with E-state index in [4.69, 9.17) is 4.74 Å². The van der Waals surface area contributed by atoms with Crippen molar-refractivity contribution in [2.45, 2.75) is 26.9 Å². The SMILES string of the molecule is Cc1ccc(OC(C)C)c(C(=O)CN2CCN(C)CC2)c1. The molecule has 1 aromatic rings. The van der Waals surface area contributed by atoms with Crippen LogP contribution in [0.15, 0.2) is 18.2 Å². The predicted molar refractivity (Wildman–Crippen MR) is 85.2 cm³/mol. The van der Waals surface area contributed by atoms with Gasteiger partial charge in [0, 0.05) is 26.2 Å². The Balaban J connectivity index is 2.08. The predicted octanol–water partition coefficient (Wildman–Crippen LogP) is 2.21. The Morgan fingerprint density at radius 1 is 1.24 bits per heavy atom. The molecule has 0 bridgehead atoms. The second-order valence-electron chi connectivity index (χ2n) is 6.17. The number of likely N-dealkylation sites (N-methyl/N-ethyl adjacent to an activating group) is 1. The number of rotatable bonds is 5. The Labute approximate surface area is 127 Å². The number of nitrogens with zero attached hydrogens (tertiary/aromatic N) is 2. The van der Waals surface area contributed by atoms with Crippen molar-refractivity contribution >= 4 is 5.78 Å². The van der Waals surface area contributed by atoms with Crippen molar-refractivity contribution < 1.29 is 9.53 Å². The fourth-order valence-electron chi connectivity index (χ4n) is 2.51. The number of aryl methyl sites for hydroxylation is 1. The molecule has 0 saturated carbocycles. The monoisotopic (exact) mass is 290 g/mol. The van der Waals surface area contributed by atoms with Crippen molar-refractivity contribution in [1.82, 2.24) is 9.80 Å². The van der Waals surface area contributed by atoms with E-state index in [0.29, 0.717) is 17.9 Å². The minimum atomic E-state index is 0.0721. The third-order valence-electron chi connectivity index (χ3n) is 3.76. The molecule has 116 valence electrons. The van der Waals surface area contributed by atoms with Gasteiger partial charge in [0.1, 0.15) is 5.75 Å². The molecule has 0 unspecified atom stereocenters. The van der Waals surface area contributed by atoms with Gasteiger partial charge in [-0.1, -0.05) is 11.6 Å². The lowest BCUT2D eigenvalue weighted by Gasteiger charge is -2.31. The molecule has 0 atom stereocenters. The summed E-state index contributed by atoms with van der Waals surface area (Å²) in [4.78, 5) is 17.1. The van der Waals surface area contributed by atoms with Crippen molar-refractivity contribution in [3.05, 3.63) is 29.3 Å².